The summed E-state index contributed by atoms with van der Waals surface area (Å²) in [4.78, 5) is 26.6. The van der Waals surface area contributed by atoms with Gasteiger partial charge in [0.05, 0.1) is 0 Å². The first-order valence-corrected chi connectivity index (χ1v) is 8.07. The lowest BCUT2D eigenvalue weighted by atomic mass is 9.90. The Morgan fingerprint density at radius 2 is 1.91 bits per heavy atom. The molecule has 2 rings (SSSR count). The molecule has 1 fully saturated rings. The van der Waals surface area contributed by atoms with E-state index >= 15 is 0 Å². The number of hydrogen-bond donors (Lipinski definition) is 2. The standard InChI is InChI=1S/C17H25N3O3/c1-3-20(4-2)15(21)13-6-5-7-14(12-13)19-16(22)17(18)8-10-23-11-9-17/h5-7,12H,3-4,8-11,18H2,1-2H3,(H,19,22). The van der Waals surface area contributed by atoms with Gasteiger partial charge < -0.3 is 20.7 Å². The molecule has 2 amide bonds. The Balaban J connectivity index is 2.10. The largest absolute Gasteiger partial charge is 0.381 e. The number of nitrogens with two attached hydrogens (primary N) is 1. The third-order valence-corrected chi connectivity index (χ3v) is 4.26. The minimum Gasteiger partial charge on any atom is -0.381 e. The Morgan fingerprint density at radius 1 is 1.26 bits per heavy atom. The molecule has 6 nitrogen and oxygen atoms in total. The molecule has 0 saturated carbocycles. The Kier molecular flexibility index (Phi) is 5.74. The maximum atomic E-state index is 12.4. The van der Waals surface area contributed by atoms with Gasteiger partial charge in [0.1, 0.15) is 5.54 Å². The van der Waals surface area contributed by atoms with E-state index in [4.69, 9.17) is 10.5 Å². The van der Waals surface area contributed by atoms with Crippen LogP contribution in [0.4, 0.5) is 5.69 Å². The molecule has 0 radical (unpaired) electrons. The normalized spacial score (nSPS) is 16.7. The van der Waals surface area contributed by atoms with Crippen molar-refractivity contribution < 1.29 is 14.3 Å². The number of carbonyl (C=O) groups excluding carboxylic acids is 2. The van der Waals surface area contributed by atoms with E-state index in [1.54, 1.807) is 29.2 Å². The first kappa shape index (κ1) is 17.4. The minimum absolute atomic E-state index is 0.0420. The van der Waals surface area contributed by atoms with Crippen LogP contribution in [0.25, 0.3) is 0 Å². The molecule has 1 heterocycles. The van der Waals surface area contributed by atoms with Gasteiger partial charge in [0.2, 0.25) is 5.91 Å². The zero-order chi connectivity index (χ0) is 16.9. The van der Waals surface area contributed by atoms with Crippen molar-refractivity contribution in [2.45, 2.75) is 32.2 Å². The van der Waals surface area contributed by atoms with Crippen LogP contribution in [0.3, 0.4) is 0 Å². The molecule has 1 aromatic rings. The fourth-order valence-corrected chi connectivity index (χ4v) is 2.64. The number of anilines is 1. The van der Waals surface area contributed by atoms with Crippen LogP contribution in [0.15, 0.2) is 24.3 Å². The van der Waals surface area contributed by atoms with Crippen molar-refractivity contribution in [1.29, 1.82) is 0 Å². The molecule has 1 aliphatic rings. The summed E-state index contributed by atoms with van der Waals surface area (Å²) < 4.78 is 5.26. The third kappa shape index (κ3) is 4.09. The van der Waals surface area contributed by atoms with Crippen molar-refractivity contribution in [1.82, 2.24) is 4.90 Å². The van der Waals surface area contributed by atoms with Crippen LogP contribution in [0, 0.1) is 0 Å². The zero-order valence-corrected chi connectivity index (χ0v) is 13.8. The quantitative estimate of drug-likeness (QED) is 0.863. The number of nitrogens with zero attached hydrogens (tertiary/aromatic N) is 1. The third-order valence-electron chi connectivity index (χ3n) is 4.26. The molecular formula is C17H25N3O3. The summed E-state index contributed by atoms with van der Waals surface area (Å²) in [7, 11) is 0. The predicted octanol–water partition coefficient (Wildman–Crippen LogP) is 1.61. The molecular weight excluding hydrogens is 294 g/mol. The molecule has 0 bridgehead atoms. The Bertz CT molecular complexity index is 564. The highest BCUT2D eigenvalue weighted by atomic mass is 16.5. The average Bonchev–Trinajstić information content (AvgIpc) is 2.56. The topological polar surface area (TPSA) is 84.7 Å². The smallest absolute Gasteiger partial charge is 0.253 e. The Hall–Kier alpha value is -1.92. The number of benzene rings is 1. The molecule has 23 heavy (non-hydrogen) atoms. The summed E-state index contributed by atoms with van der Waals surface area (Å²) in [5.41, 5.74) is 6.41. The fourth-order valence-electron chi connectivity index (χ4n) is 2.64. The van der Waals surface area contributed by atoms with Crippen LogP contribution < -0.4 is 11.1 Å². The van der Waals surface area contributed by atoms with Gasteiger partial charge in [-0.15, -0.1) is 0 Å². The fraction of sp³-hybridized carbons (Fsp3) is 0.529. The summed E-state index contributed by atoms with van der Waals surface area (Å²) >= 11 is 0. The molecule has 1 aromatic carbocycles. The Labute approximate surface area is 137 Å². The molecule has 6 heteroatoms. The van der Waals surface area contributed by atoms with Gasteiger partial charge in [-0.25, -0.2) is 0 Å². The first-order chi connectivity index (χ1) is 11.0. The number of amides is 2. The van der Waals surface area contributed by atoms with E-state index in [1.165, 1.54) is 0 Å². The van der Waals surface area contributed by atoms with Crippen molar-refractivity contribution in [3.8, 4) is 0 Å². The van der Waals surface area contributed by atoms with E-state index in [0.29, 0.717) is 50.4 Å². The average molecular weight is 319 g/mol. The summed E-state index contributed by atoms with van der Waals surface area (Å²) in [6, 6.07) is 6.98. The van der Waals surface area contributed by atoms with Crippen LogP contribution in [0.2, 0.25) is 0 Å². The summed E-state index contributed by atoms with van der Waals surface area (Å²) in [6.07, 6.45) is 0.994. The van der Waals surface area contributed by atoms with E-state index < -0.39 is 5.54 Å². The van der Waals surface area contributed by atoms with E-state index in [9.17, 15) is 9.59 Å². The Morgan fingerprint density at radius 3 is 2.52 bits per heavy atom. The lowest BCUT2D eigenvalue weighted by molar-refractivity contribution is -0.124. The molecule has 1 aliphatic heterocycles. The first-order valence-electron chi connectivity index (χ1n) is 8.07. The van der Waals surface area contributed by atoms with Gasteiger partial charge in [-0.2, -0.15) is 0 Å². The lowest BCUT2D eigenvalue weighted by Crippen LogP contribution is -2.54. The van der Waals surface area contributed by atoms with Gasteiger partial charge in [0, 0.05) is 37.6 Å². The van der Waals surface area contributed by atoms with Crippen molar-refractivity contribution in [2.24, 2.45) is 5.73 Å². The number of hydrogen-bond acceptors (Lipinski definition) is 4. The van der Waals surface area contributed by atoms with Crippen molar-refractivity contribution in [3.05, 3.63) is 29.8 Å². The minimum atomic E-state index is -0.906. The van der Waals surface area contributed by atoms with Gasteiger partial charge >= 0.3 is 0 Å². The number of rotatable bonds is 5. The maximum Gasteiger partial charge on any atom is 0.253 e. The summed E-state index contributed by atoms with van der Waals surface area (Å²) in [5, 5.41) is 2.83. The predicted molar refractivity (Wildman–Crippen MR) is 89.3 cm³/mol. The second-order valence-corrected chi connectivity index (χ2v) is 5.78. The zero-order valence-electron chi connectivity index (χ0n) is 13.8. The number of nitrogens with one attached hydrogen (secondary N) is 1. The van der Waals surface area contributed by atoms with E-state index in [1.807, 2.05) is 13.8 Å². The lowest BCUT2D eigenvalue weighted by Gasteiger charge is -2.31. The van der Waals surface area contributed by atoms with Crippen LogP contribution in [-0.2, 0) is 9.53 Å². The number of carbonyl (C=O) groups is 2. The molecule has 0 spiro atoms. The van der Waals surface area contributed by atoms with E-state index in [2.05, 4.69) is 5.32 Å². The van der Waals surface area contributed by atoms with Gasteiger partial charge in [0.15, 0.2) is 0 Å². The van der Waals surface area contributed by atoms with Crippen molar-refractivity contribution in [2.75, 3.05) is 31.6 Å². The van der Waals surface area contributed by atoms with Crippen LogP contribution >= 0.6 is 0 Å². The van der Waals surface area contributed by atoms with Gasteiger partial charge in [0.25, 0.3) is 5.91 Å². The summed E-state index contributed by atoms with van der Waals surface area (Å²) in [6.45, 7) is 6.16. The van der Waals surface area contributed by atoms with Gasteiger partial charge in [-0.05, 0) is 44.9 Å². The second-order valence-electron chi connectivity index (χ2n) is 5.78. The van der Waals surface area contributed by atoms with Crippen molar-refractivity contribution >= 4 is 17.5 Å². The highest BCUT2D eigenvalue weighted by Gasteiger charge is 2.35. The monoisotopic (exact) mass is 319 g/mol. The molecule has 0 unspecified atom stereocenters. The molecule has 0 atom stereocenters. The molecule has 0 aromatic heterocycles. The molecule has 3 N–H and O–H groups in total. The number of ether oxygens (including phenoxy) is 1. The van der Waals surface area contributed by atoms with Gasteiger partial charge in [-0.3, -0.25) is 9.59 Å². The SMILES string of the molecule is CCN(CC)C(=O)c1cccc(NC(=O)C2(N)CCOCC2)c1. The van der Waals surface area contributed by atoms with E-state index in [-0.39, 0.29) is 11.8 Å². The molecule has 126 valence electrons. The highest BCUT2D eigenvalue weighted by molar-refractivity contribution is 6.00. The summed E-state index contributed by atoms with van der Waals surface area (Å²) in [5.74, 6) is -0.270. The van der Waals surface area contributed by atoms with Gasteiger partial charge in [-0.1, -0.05) is 6.07 Å². The molecule has 0 aliphatic carbocycles. The molecule has 1 saturated heterocycles. The van der Waals surface area contributed by atoms with Crippen LogP contribution in [0.5, 0.6) is 0 Å². The van der Waals surface area contributed by atoms with E-state index in [0.717, 1.165) is 0 Å². The van der Waals surface area contributed by atoms with Crippen LogP contribution in [0.1, 0.15) is 37.0 Å². The van der Waals surface area contributed by atoms with Crippen LogP contribution in [-0.4, -0.2) is 48.6 Å². The van der Waals surface area contributed by atoms with Crippen molar-refractivity contribution in [3.63, 3.8) is 0 Å². The second kappa shape index (κ2) is 7.57. The highest BCUT2D eigenvalue weighted by Crippen LogP contribution is 2.21. The maximum absolute atomic E-state index is 12.4.